The summed E-state index contributed by atoms with van der Waals surface area (Å²) in [6, 6.07) is 25.9. The normalized spacial score (nSPS) is 10.9. The second-order valence-corrected chi connectivity index (χ2v) is 8.68. The molecule has 1 amide bonds. The van der Waals surface area contributed by atoms with Crippen LogP contribution in [0.3, 0.4) is 0 Å². The van der Waals surface area contributed by atoms with Crippen LogP contribution in [0.5, 0.6) is 11.5 Å². The number of ether oxygens (including phenoxy) is 2. The molecule has 1 N–H and O–H groups in total. The van der Waals surface area contributed by atoms with Crippen LogP contribution in [0, 0.1) is 5.82 Å². The minimum Gasteiger partial charge on any atom is -0.493 e. The molecule has 37 heavy (non-hydrogen) atoms. The second kappa shape index (κ2) is 12.7. The van der Waals surface area contributed by atoms with Gasteiger partial charge in [0.2, 0.25) is 0 Å². The molecule has 7 heteroatoms. The molecular weight excluding hydrogens is 471 g/mol. The fourth-order valence-corrected chi connectivity index (χ4v) is 4.13. The molecule has 6 nitrogen and oxygen atoms in total. The lowest BCUT2D eigenvalue weighted by atomic mass is 10.1. The van der Waals surface area contributed by atoms with E-state index in [0.717, 1.165) is 11.1 Å². The number of hydrogen-bond acceptors (Lipinski definition) is 5. The second-order valence-electron chi connectivity index (χ2n) is 8.68. The minimum absolute atomic E-state index is 0.241. The summed E-state index contributed by atoms with van der Waals surface area (Å²) in [7, 11) is 3.19. The van der Waals surface area contributed by atoms with Gasteiger partial charge in [0.25, 0.3) is 5.91 Å². The maximum atomic E-state index is 14.3. The number of carbonyl (C=O) groups excluding carboxylic acids is 1. The van der Waals surface area contributed by atoms with Gasteiger partial charge in [-0.05, 0) is 47.9 Å². The fraction of sp³-hybridized carbons (Fsp3) is 0.233. The zero-order chi connectivity index (χ0) is 26.0. The van der Waals surface area contributed by atoms with Crippen LogP contribution in [-0.4, -0.2) is 31.6 Å². The lowest BCUT2D eigenvalue weighted by molar-refractivity contribution is 0.0922. The van der Waals surface area contributed by atoms with Gasteiger partial charge in [-0.15, -0.1) is 0 Å². The zero-order valence-corrected chi connectivity index (χ0v) is 21.1. The van der Waals surface area contributed by atoms with E-state index >= 15 is 0 Å². The van der Waals surface area contributed by atoms with Crippen molar-refractivity contribution in [3.05, 3.63) is 119 Å². The Morgan fingerprint density at radius 1 is 0.838 bits per heavy atom. The van der Waals surface area contributed by atoms with Crippen molar-refractivity contribution >= 4 is 5.91 Å². The third-order valence-corrected chi connectivity index (χ3v) is 6.01. The molecule has 0 spiro atoms. The van der Waals surface area contributed by atoms with Crippen LogP contribution in [0.15, 0.2) is 89.3 Å². The molecule has 0 aliphatic rings. The summed E-state index contributed by atoms with van der Waals surface area (Å²) in [5.74, 6) is 1.67. The molecule has 1 heterocycles. The largest absolute Gasteiger partial charge is 0.493 e. The van der Waals surface area contributed by atoms with Crippen molar-refractivity contribution in [2.45, 2.75) is 26.1 Å². The standard InChI is InChI=1S/C30H31FN2O4/c1-35-27-14-12-22(18-29(27)36-2)16-17-32-30(34)28-15-13-25(37-28)21-33(19-23-8-4-3-5-9-23)20-24-10-6-7-11-26(24)31/h3-15,18H,16-17,19-21H2,1-2H3,(H,32,34). The van der Waals surface area contributed by atoms with Gasteiger partial charge < -0.3 is 19.2 Å². The zero-order valence-electron chi connectivity index (χ0n) is 21.1. The van der Waals surface area contributed by atoms with Crippen LogP contribution in [0.2, 0.25) is 0 Å². The molecule has 4 aromatic rings. The molecule has 3 aromatic carbocycles. The summed E-state index contributed by atoms with van der Waals surface area (Å²) in [5.41, 5.74) is 2.74. The highest BCUT2D eigenvalue weighted by atomic mass is 19.1. The van der Waals surface area contributed by atoms with Crippen molar-refractivity contribution < 1.29 is 23.1 Å². The quantitative estimate of drug-likeness (QED) is 0.273. The van der Waals surface area contributed by atoms with Crippen LogP contribution in [0.1, 0.15) is 33.0 Å². The van der Waals surface area contributed by atoms with Gasteiger partial charge in [-0.2, -0.15) is 0 Å². The third-order valence-electron chi connectivity index (χ3n) is 6.01. The summed E-state index contributed by atoms with van der Waals surface area (Å²) in [6.45, 7) is 1.90. The Morgan fingerprint density at radius 3 is 2.35 bits per heavy atom. The predicted octanol–water partition coefficient (Wildman–Crippen LogP) is 5.61. The first-order valence-corrected chi connectivity index (χ1v) is 12.1. The SMILES string of the molecule is COc1ccc(CCNC(=O)c2ccc(CN(Cc3ccccc3)Cc3ccccc3F)o2)cc1OC. The van der Waals surface area contributed by atoms with Crippen LogP contribution < -0.4 is 14.8 Å². The fourth-order valence-electron chi connectivity index (χ4n) is 4.13. The molecule has 0 radical (unpaired) electrons. The molecule has 0 aliphatic heterocycles. The number of benzene rings is 3. The molecule has 0 fully saturated rings. The molecular formula is C30H31FN2O4. The van der Waals surface area contributed by atoms with E-state index in [1.165, 1.54) is 6.07 Å². The summed E-state index contributed by atoms with van der Waals surface area (Å²) >= 11 is 0. The van der Waals surface area contributed by atoms with Crippen molar-refractivity contribution in [2.24, 2.45) is 0 Å². The predicted molar refractivity (Wildman–Crippen MR) is 140 cm³/mol. The van der Waals surface area contributed by atoms with E-state index in [4.69, 9.17) is 13.9 Å². The number of carbonyl (C=O) groups is 1. The number of halogens is 1. The first-order chi connectivity index (χ1) is 18.1. The van der Waals surface area contributed by atoms with Gasteiger partial charge in [-0.1, -0.05) is 54.6 Å². The van der Waals surface area contributed by atoms with Gasteiger partial charge in [0.15, 0.2) is 17.3 Å². The van der Waals surface area contributed by atoms with Gasteiger partial charge in [0.05, 0.1) is 20.8 Å². The van der Waals surface area contributed by atoms with Gasteiger partial charge in [-0.3, -0.25) is 9.69 Å². The number of rotatable bonds is 12. The number of methoxy groups -OCH3 is 2. The lowest BCUT2D eigenvalue weighted by Gasteiger charge is -2.22. The summed E-state index contributed by atoms with van der Waals surface area (Å²) in [4.78, 5) is 14.8. The molecule has 1 aromatic heterocycles. The highest BCUT2D eigenvalue weighted by Gasteiger charge is 2.16. The topological polar surface area (TPSA) is 63.9 Å². The first-order valence-electron chi connectivity index (χ1n) is 12.1. The Balaban J connectivity index is 1.37. The van der Waals surface area contributed by atoms with Crippen LogP contribution in [0.4, 0.5) is 4.39 Å². The van der Waals surface area contributed by atoms with Crippen LogP contribution in [-0.2, 0) is 26.1 Å². The van der Waals surface area contributed by atoms with E-state index in [9.17, 15) is 9.18 Å². The Bertz CT molecular complexity index is 1310. The van der Waals surface area contributed by atoms with Gasteiger partial charge in [0, 0.05) is 25.2 Å². The number of furan rings is 1. The van der Waals surface area contributed by atoms with E-state index in [1.54, 1.807) is 38.5 Å². The Labute approximate surface area is 216 Å². The lowest BCUT2D eigenvalue weighted by Crippen LogP contribution is -2.25. The highest BCUT2D eigenvalue weighted by Crippen LogP contribution is 2.27. The average Bonchev–Trinajstić information content (AvgIpc) is 3.39. The Kier molecular flexibility index (Phi) is 8.94. The molecule has 0 saturated carbocycles. The monoisotopic (exact) mass is 502 g/mol. The van der Waals surface area contributed by atoms with E-state index in [1.807, 2.05) is 54.6 Å². The van der Waals surface area contributed by atoms with Gasteiger partial charge >= 0.3 is 0 Å². The minimum atomic E-state index is -0.282. The van der Waals surface area contributed by atoms with E-state index < -0.39 is 0 Å². The van der Waals surface area contributed by atoms with Crippen molar-refractivity contribution in [1.29, 1.82) is 0 Å². The molecule has 0 saturated heterocycles. The van der Waals surface area contributed by atoms with E-state index in [0.29, 0.717) is 55.4 Å². The number of nitrogens with zero attached hydrogens (tertiary/aromatic N) is 1. The smallest absolute Gasteiger partial charge is 0.287 e. The van der Waals surface area contributed by atoms with E-state index in [2.05, 4.69) is 10.2 Å². The van der Waals surface area contributed by atoms with Crippen LogP contribution in [0.25, 0.3) is 0 Å². The van der Waals surface area contributed by atoms with Gasteiger partial charge in [0.1, 0.15) is 11.6 Å². The molecule has 0 aliphatic carbocycles. The maximum Gasteiger partial charge on any atom is 0.287 e. The molecule has 4 rings (SSSR count). The molecule has 0 unspecified atom stereocenters. The van der Waals surface area contributed by atoms with E-state index in [-0.39, 0.29) is 17.5 Å². The average molecular weight is 503 g/mol. The maximum absolute atomic E-state index is 14.3. The summed E-state index contributed by atoms with van der Waals surface area (Å²) in [6.07, 6.45) is 0.632. The van der Waals surface area contributed by atoms with Crippen molar-refractivity contribution in [3.8, 4) is 11.5 Å². The molecule has 0 atom stereocenters. The summed E-state index contributed by atoms with van der Waals surface area (Å²) < 4.78 is 30.8. The van der Waals surface area contributed by atoms with Crippen molar-refractivity contribution in [1.82, 2.24) is 10.2 Å². The third kappa shape index (κ3) is 7.21. The molecule has 192 valence electrons. The number of hydrogen-bond donors (Lipinski definition) is 1. The van der Waals surface area contributed by atoms with Crippen molar-refractivity contribution in [2.75, 3.05) is 20.8 Å². The Hall–Kier alpha value is -4.10. The molecule has 0 bridgehead atoms. The number of amides is 1. The highest BCUT2D eigenvalue weighted by molar-refractivity contribution is 5.91. The first kappa shape index (κ1) is 26.0. The van der Waals surface area contributed by atoms with Crippen molar-refractivity contribution in [3.63, 3.8) is 0 Å². The Morgan fingerprint density at radius 2 is 1.59 bits per heavy atom. The van der Waals surface area contributed by atoms with Gasteiger partial charge in [-0.25, -0.2) is 4.39 Å². The van der Waals surface area contributed by atoms with Crippen LogP contribution >= 0.6 is 0 Å². The number of nitrogens with one attached hydrogen (secondary N) is 1. The summed E-state index contributed by atoms with van der Waals surface area (Å²) in [5, 5.41) is 2.90.